The molecule has 1 saturated heterocycles. The Labute approximate surface area is 266 Å². The van der Waals surface area contributed by atoms with E-state index in [0.717, 1.165) is 28.0 Å². The third-order valence-corrected chi connectivity index (χ3v) is 8.79. The van der Waals surface area contributed by atoms with Crippen LogP contribution in [0.2, 0.25) is 0 Å². The van der Waals surface area contributed by atoms with Crippen LogP contribution in [-0.4, -0.2) is 34.4 Å². The smallest absolute Gasteiger partial charge is 0.350 e. The largest absolute Gasteiger partial charge is 0.507 e. The number of ether oxygens (including phenoxy) is 2. The molecule has 1 atom stereocenters. The molecule has 0 spiro atoms. The zero-order valence-corrected chi connectivity index (χ0v) is 26.4. The lowest BCUT2D eigenvalue weighted by Gasteiger charge is -2.23. The van der Waals surface area contributed by atoms with E-state index in [9.17, 15) is 19.5 Å². The molecular formula is C36H34N2O6S. The first-order valence-electron chi connectivity index (χ1n) is 14.5. The van der Waals surface area contributed by atoms with Gasteiger partial charge in [0.05, 0.1) is 17.3 Å². The lowest BCUT2D eigenvalue weighted by Crippen LogP contribution is -2.29. The van der Waals surface area contributed by atoms with Crippen molar-refractivity contribution in [1.82, 2.24) is 4.98 Å². The highest BCUT2D eigenvalue weighted by Crippen LogP contribution is 2.44. The SMILES string of the molecule is C=CCOC(=O)c1sc(N2C(=O)C(=O)C(=C(O)c3ccc(OCc4ccccc4C)cc3)C2c2ccc(C(C)C)cc2)nc1C. The molecule has 0 saturated carbocycles. The lowest BCUT2D eigenvalue weighted by molar-refractivity contribution is -0.132. The number of Topliss-reactive ketones (excluding diaryl/α,β-unsaturated/α-hetero) is 1. The monoisotopic (exact) mass is 622 g/mol. The lowest BCUT2D eigenvalue weighted by atomic mass is 9.93. The number of anilines is 1. The quantitative estimate of drug-likeness (QED) is 0.0645. The van der Waals surface area contributed by atoms with Crippen molar-refractivity contribution in [3.63, 3.8) is 0 Å². The topological polar surface area (TPSA) is 106 Å². The van der Waals surface area contributed by atoms with Crippen molar-refractivity contribution in [3.05, 3.63) is 129 Å². The Balaban J connectivity index is 1.53. The van der Waals surface area contributed by atoms with Gasteiger partial charge in [0.1, 0.15) is 29.6 Å². The summed E-state index contributed by atoms with van der Waals surface area (Å²) >= 11 is 0.956. The average Bonchev–Trinajstić information content (AvgIpc) is 3.55. The number of carbonyl (C=O) groups excluding carboxylic acids is 3. The summed E-state index contributed by atoms with van der Waals surface area (Å²) in [5.74, 6) is -1.78. The summed E-state index contributed by atoms with van der Waals surface area (Å²) in [4.78, 5) is 45.8. The van der Waals surface area contributed by atoms with Crippen molar-refractivity contribution in [2.24, 2.45) is 0 Å². The average molecular weight is 623 g/mol. The Bertz CT molecular complexity index is 1790. The summed E-state index contributed by atoms with van der Waals surface area (Å²) in [5, 5.41) is 11.7. The molecule has 2 heterocycles. The van der Waals surface area contributed by atoms with Crippen molar-refractivity contribution in [2.75, 3.05) is 11.5 Å². The molecule has 5 rings (SSSR count). The van der Waals surface area contributed by atoms with Gasteiger partial charge < -0.3 is 14.6 Å². The van der Waals surface area contributed by atoms with Crippen LogP contribution in [0.15, 0.2) is 91.0 Å². The van der Waals surface area contributed by atoms with Gasteiger partial charge in [-0.15, -0.1) is 0 Å². The second-order valence-corrected chi connectivity index (χ2v) is 12.0. The number of hydrogen-bond donors (Lipinski definition) is 1. The number of aliphatic hydroxyl groups is 1. The molecule has 4 aromatic rings. The number of aliphatic hydroxyl groups excluding tert-OH is 1. The standard InChI is InChI=1S/C36H34N2O6S/c1-6-19-43-35(42)33-23(5)37-36(45-33)38-30(25-13-11-24(12-14-25)21(2)3)29(32(40)34(38)41)31(39)26-15-17-28(18-16-26)44-20-27-10-8-7-9-22(27)4/h6-18,21,30,39H,1,19-20H2,2-5H3. The van der Waals surface area contributed by atoms with E-state index >= 15 is 0 Å². The maximum absolute atomic E-state index is 13.6. The van der Waals surface area contributed by atoms with Gasteiger partial charge in [-0.25, -0.2) is 9.78 Å². The first kappa shape index (κ1) is 31.4. The van der Waals surface area contributed by atoms with E-state index in [1.54, 1.807) is 31.2 Å². The molecule has 0 aliphatic carbocycles. The van der Waals surface area contributed by atoms with E-state index in [1.165, 1.54) is 11.0 Å². The summed E-state index contributed by atoms with van der Waals surface area (Å²) in [5.41, 5.74) is 4.51. The van der Waals surface area contributed by atoms with Crippen molar-refractivity contribution in [3.8, 4) is 5.75 Å². The highest BCUT2D eigenvalue weighted by Gasteiger charge is 2.48. The summed E-state index contributed by atoms with van der Waals surface area (Å²) in [7, 11) is 0. The van der Waals surface area contributed by atoms with Crippen LogP contribution in [-0.2, 0) is 20.9 Å². The molecular weight excluding hydrogens is 588 g/mol. The zero-order valence-electron chi connectivity index (χ0n) is 25.6. The molecule has 45 heavy (non-hydrogen) atoms. The molecule has 1 aliphatic rings. The number of rotatable bonds is 10. The highest BCUT2D eigenvalue weighted by molar-refractivity contribution is 7.17. The van der Waals surface area contributed by atoms with Gasteiger partial charge in [-0.1, -0.05) is 86.4 Å². The maximum atomic E-state index is 13.6. The highest BCUT2D eigenvalue weighted by atomic mass is 32.1. The Morgan fingerprint density at radius 2 is 1.73 bits per heavy atom. The van der Waals surface area contributed by atoms with Crippen molar-refractivity contribution in [2.45, 2.75) is 46.3 Å². The predicted octanol–water partition coefficient (Wildman–Crippen LogP) is 7.43. The van der Waals surface area contributed by atoms with Crippen LogP contribution in [0.5, 0.6) is 5.75 Å². The molecule has 0 radical (unpaired) electrons. The maximum Gasteiger partial charge on any atom is 0.350 e. The fourth-order valence-electron chi connectivity index (χ4n) is 5.08. The minimum atomic E-state index is -0.981. The molecule has 1 aromatic heterocycles. The predicted molar refractivity (Wildman–Crippen MR) is 175 cm³/mol. The van der Waals surface area contributed by atoms with Crippen LogP contribution in [0.4, 0.5) is 5.13 Å². The Morgan fingerprint density at radius 1 is 1.04 bits per heavy atom. The van der Waals surface area contributed by atoms with Crippen molar-refractivity contribution in [1.29, 1.82) is 0 Å². The van der Waals surface area contributed by atoms with Gasteiger partial charge in [-0.2, -0.15) is 0 Å². The molecule has 1 aliphatic heterocycles. The number of ketones is 1. The molecule has 1 N–H and O–H groups in total. The van der Waals surface area contributed by atoms with Gasteiger partial charge in [0.2, 0.25) is 0 Å². The number of thiazole rings is 1. The number of hydrogen-bond acceptors (Lipinski definition) is 8. The number of carbonyl (C=O) groups is 3. The van der Waals surface area contributed by atoms with Crippen molar-refractivity contribution < 1.29 is 29.0 Å². The van der Waals surface area contributed by atoms with E-state index in [4.69, 9.17) is 9.47 Å². The molecule has 3 aromatic carbocycles. The number of amides is 1. The van der Waals surface area contributed by atoms with Gasteiger partial charge in [0, 0.05) is 5.56 Å². The number of esters is 1. The summed E-state index contributed by atoms with van der Waals surface area (Å²) in [6.07, 6.45) is 1.46. The van der Waals surface area contributed by atoms with Crippen LogP contribution in [0.25, 0.3) is 5.76 Å². The number of aryl methyl sites for hydroxylation is 2. The van der Waals surface area contributed by atoms with E-state index < -0.39 is 23.7 Å². The minimum Gasteiger partial charge on any atom is -0.507 e. The summed E-state index contributed by atoms with van der Waals surface area (Å²) < 4.78 is 11.1. The zero-order chi connectivity index (χ0) is 32.2. The van der Waals surface area contributed by atoms with Gasteiger partial charge in [-0.05, 0) is 66.3 Å². The van der Waals surface area contributed by atoms with Gasteiger partial charge >= 0.3 is 11.9 Å². The van der Waals surface area contributed by atoms with Gasteiger partial charge in [-0.3, -0.25) is 14.5 Å². The normalized spacial score (nSPS) is 15.8. The van der Waals surface area contributed by atoms with Crippen LogP contribution in [0.1, 0.15) is 69.0 Å². The van der Waals surface area contributed by atoms with Crippen molar-refractivity contribution >= 4 is 39.9 Å². The Hall–Kier alpha value is -5.02. The molecule has 9 heteroatoms. The third kappa shape index (κ3) is 6.44. The van der Waals surface area contributed by atoms with E-state index in [-0.39, 0.29) is 33.9 Å². The molecule has 0 bridgehead atoms. The Morgan fingerprint density at radius 3 is 2.38 bits per heavy atom. The van der Waals surface area contributed by atoms with Crippen LogP contribution in [0.3, 0.4) is 0 Å². The first-order chi connectivity index (χ1) is 21.6. The summed E-state index contributed by atoms with van der Waals surface area (Å²) in [6, 6.07) is 21.2. The van der Waals surface area contributed by atoms with Gasteiger partial charge in [0.25, 0.3) is 5.78 Å². The van der Waals surface area contributed by atoms with Crippen LogP contribution >= 0.6 is 11.3 Å². The van der Waals surface area contributed by atoms with Crippen LogP contribution in [0, 0.1) is 13.8 Å². The second-order valence-electron chi connectivity index (χ2n) is 11.0. The van der Waals surface area contributed by atoms with Crippen LogP contribution < -0.4 is 9.64 Å². The summed E-state index contributed by atoms with van der Waals surface area (Å²) in [6.45, 7) is 11.8. The fourth-order valence-corrected chi connectivity index (χ4v) is 6.07. The number of benzene rings is 3. The molecule has 230 valence electrons. The second kappa shape index (κ2) is 13.3. The molecule has 8 nitrogen and oxygen atoms in total. The van der Waals surface area contributed by atoms with Gasteiger partial charge in [0.15, 0.2) is 5.13 Å². The molecule has 1 fully saturated rings. The Kier molecular flexibility index (Phi) is 9.29. The molecule has 1 amide bonds. The number of aromatic nitrogens is 1. The minimum absolute atomic E-state index is 0.0218. The third-order valence-electron chi connectivity index (χ3n) is 7.66. The van der Waals surface area contributed by atoms with E-state index in [1.807, 2.05) is 55.5 Å². The first-order valence-corrected chi connectivity index (χ1v) is 15.4. The van der Waals surface area contributed by atoms with E-state index in [2.05, 4.69) is 25.4 Å². The van der Waals surface area contributed by atoms with E-state index in [0.29, 0.717) is 29.2 Å². The molecule has 1 unspecified atom stereocenters. The number of nitrogens with zero attached hydrogens (tertiary/aromatic N) is 2. The fraction of sp³-hybridized carbons (Fsp3) is 0.222.